The Kier molecular flexibility index (Phi) is 9.50. The number of halogens is 1. The van der Waals surface area contributed by atoms with Gasteiger partial charge in [0.25, 0.3) is 0 Å². The molecule has 1 aromatic heterocycles. The fourth-order valence-corrected chi connectivity index (χ4v) is 2.43. The van der Waals surface area contributed by atoms with Crippen LogP contribution < -0.4 is 5.32 Å². The number of hydrogen-bond donors (Lipinski definition) is 1. The number of nitrogens with zero attached hydrogens (tertiary/aromatic N) is 5. The number of rotatable bonds is 5. The minimum absolute atomic E-state index is 0. The monoisotopic (exact) mass is 450 g/mol. The Hall–Kier alpha value is -1.52. The maximum absolute atomic E-state index is 11.7. The normalized spacial score (nSPS) is 15.0. The van der Waals surface area contributed by atoms with E-state index in [1.165, 1.54) is 0 Å². The van der Waals surface area contributed by atoms with Crippen molar-refractivity contribution < 1.29 is 9.53 Å². The van der Waals surface area contributed by atoms with Gasteiger partial charge in [-0.1, -0.05) is 0 Å². The molecule has 136 valence electrons. The molecule has 0 aliphatic carbocycles. The number of hydrogen-bond acceptors (Lipinski definition) is 4. The first-order valence-corrected chi connectivity index (χ1v) is 8.15. The summed E-state index contributed by atoms with van der Waals surface area (Å²) >= 11 is 0. The van der Waals surface area contributed by atoms with E-state index in [0.717, 1.165) is 32.1 Å². The van der Waals surface area contributed by atoms with E-state index >= 15 is 0 Å². The third kappa shape index (κ3) is 6.17. The fourth-order valence-electron chi connectivity index (χ4n) is 2.43. The van der Waals surface area contributed by atoms with Crippen LogP contribution in [0.1, 0.15) is 13.8 Å². The SMILES string of the molecule is CCNC(=NCCn1ccnc1)N1CCN(C(=O)OCC)CC1.I. The molecule has 0 atom stereocenters. The highest BCUT2D eigenvalue weighted by Crippen LogP contribution is 2.04. The maximum Gasteiger partial charge on any atom is 0.409 e. The van der Waals surface area contributed by atoms with Gasteiger partial charge in [-0.05, 0) is 13.8 Å². The maximum atomic E-state index is 11.7. The molecule has 0 bridgehead atoms. The molecular formula is C15H27IN6O2. The Balaban J connectivity index is 0.00000288. The molecule has 1 fully saturated rings. The summed E-state index contributed by atoms with van der Waals surface area (Å²) in [6, 6.07) is 0. The lowest BCUT2D eigenvalue weighted by molar-refractivity contribution is 0.0914. The molecule has 24 heavy (non-hydrogen) atoms. The third-order valence-corrected chi connectivity index (χ3v) is 3.62. The summed E-state index contributed by atoms with van der Waals surface area (Å²) in [6.45, 7) is 9.44. The molecule has 2 rings (SSSR count). The van der Waals surface area contributed by atoms with Crippen LogP contribution in [0, 0.1) is 0 Å². The number of amides is 1. The average Bonchev–Trinajstić information content (AvgIpc) is 3.08. The van der Waals surface area contributed by atoms with Crippen molar-refractivity contribution in [1.29, 1.82) is 0 Å². The number of carbonyl (C=O) groups excluding carboxylic acids is 1. The van der Waals surface area contributed by atoms with Crippen LogP contribution in [-0.2, 0) is 11.3 Å². The summed E-state index contributed by atoms with van der Waals surface area (Å²) in [7, 11) is 0. The Morgan fingerprint density at radius 1 is 1.25 bits per heavy atom. The molecule has 0 radical (unpaired) electrons. The van der Waals surface area contributed by atoms with E-state index in [0.29, 0.717) is 26.2 Å². The first kappa shape index (κ1) is 20.5. The summed E-state index contributed by atoms with van der Waals surface area (Å²) in [5, 5.41) is 3.32. The molecule has 2 heterocycles. The molecule has 1 aromatic rings. The van der Waals surface area contributed by atoms with Gasteiger partial charge in [0.2, 0.25) is 0 Å². The van der Waals surface area contributed by atoms with E-state index in [4.69, 9.17) is 4.74 Å². The van der Waals surface area contributed by atoms with Crippen LogP contribution in [0.2, 0.25) is 0 Å². The highest BCUT2D eigenvalue weighted by Gasteiger charge is 2.23. The summed E-state index contributed by atoms with van der Waals surface area (Å²) in [5.41, 5.74) is 0. The van der Waals surface area contributed by atoms with E-state index in [9.17, 15) is 4.79 Å². The quantitative estimate of drug-likeness (QED) is 0.415. The van der Waals surface area contributed by atoms with Gasteiger partial charge in [0, 0.05) is 51.7 Å². The number of aromatic nitrogens is 2. The molecule has 0 spiro atoms. The van der Waals surface area contributed by atoms with Crippen molar-refractivity contribution >= 4 is 36.0 Å². The van der Waals surface area contributed by atoms with Crippen molar-refractivity contribution in [3.63, 3.8) is 0 Å². The van der Waals surface area contributed by atoms with E-state index < -0.39 is 0 Å². The number of aliphatic imine (C=N–C) groups is 1. The molecule has 0 saturated carbocycles. The Bertz CT molecular complexity index is 500. The largest absolute Gasteiger partial charge is 0.450 e. The standard InChI is InChI=1S/C15H26N6O2.HI/c1-3-17-14(18-6-8-19-7-5-16-13-19)20-9-11-21(12-10-20)15(22)23-4-2;/h5,7,13H,3-4,6,8-12H2,1-2H3,(H,17,18);1H. The number of carbonyl (C=O) groups is 1. The van der Waals surface area contributed by atoms with E-state index in [1.54, 1.807) is 17.4 Å². The molecule has 8 nitrogen and oxygen atoms in total. The first-order chi connectivity index (χ1) is 11.2. The van der Waals surface area contributed by atoms with Crippen molar-refractivity contribution in [2.75, 3.05) is 45.9 Å². The summed E-state index contributed by atoms with van der Waals surface area (Å²) < 4.78 is 7.05. The minimum atomic E-state index is -0.228. The number of piperazine rings is 1. The number of imidazole rings is 1. The second-order valence-electron chi connectivity index (χ2n) is 5.21. The Labute approximate surface area is 160 Å². The van der Waals surface area contributed by atoms with Gasteiger partial charge in [-0.15, -0.1) is 24.0 Å². The number of ether oxygens (including phenoxy) is 1. The van der Waals surface area contributed by atoms with Crippen LogP contribution >= 0.6 is 24.0 Å². The topological polar surface area (TPSA) is 75.0 Å². The summed E-state index contributed by atoms with van der Waals surface area (Å²) in [4.78, 5) is 24.4. The smallest absolute Gasteiger partial charge is 0.409 e. The molecular weight excluding hydrogens is 423 g/mol. The van der Waals surface area contributed by atoms with Crippen LogP contribution in [0.5, 0.6) is 0 Å². The third-order valence-electron chi connectivity index (χ3n) is 3.62. The second-order valence-corrected chi connectivity index (χ2v) is 5.21. The van der Waals surface area contributed by atoms with Gasteiger partial charge in [0.15, 0.2) is 5.96 Å². The van der Waals surface area contributed by atoms with Crippen LogP contribution in [0.4, 0.5) is 4.79 Å². The Morgan fingerprint density at radius 2 is 1.96 bits per heavy atom. The minimum Gasteiger partial charge on any atom is -0.450 e. The molecule has 1 N–H and O–H groups in total. The van der Waals surface area contributed by atoms with E-state index in [1.807, 2.05) is 17.7 Å². The van der Waals surface area contributed by atoms with Crippen molar-refractivity contribution in [2.24, 2.45) is 4.99 Å². The van der Waals surface area contributed by atoms with Crippen molar-refractivity contribution in [1.82, 2.24) is 24.7 Å². The summed E-state index contributed by atoms with van der Waals surface area (Å²) in [6.07, 6.45) is 5.26. The van der Waals surface area contributed by atoms with Gasteiger partial charge in [0.05, 0.1) is 19.5 Å². The van der Waals surface area contributed by atoms with Crippen LogP contribution in [0.3, 0.4) is 0 Å². The van der Waals surface area contributed by atoms with Crippen LogP contribution in [0.15, 0.2) is 23.7 Å². The molecule has 1 aliphatic rings. The van der Waals surface area contributed by atoms with Crippen LogP contribution in [-0.4, -0.2) is 77.3 Å². The van der Waals surface area contributed by atoms with E-state index in [2.05, 4.69) is 27.1 Å². The zero-order chi connectivity index (χ0) is 16.5. The van der Waals surface area contributed by atoms with Gasteiger partial charge in [-0.3, -0.25) is 4.99 Å². The predicted molar refractivity (Wildman–Crippen MR) is 104 cm³/mol. The first-order valence-electron chi connectivity index (χ1n) is 8.15. The number of guanidine groups is 1. The van der Waals surface area contributed by atoms with Gasteiger partial charge in [-0.25, -0.2) is 9.78 Å². The molecule has 9 heteroatoms. The van der Waals surface area contributed by atoms with Crippen molar-refractivity contribution in [3.8, 4) is 0 Å². The lowest BCUT2D eigenvalue weighted by atomic mass is 10.3. The van der Waals surface area contributed by atoms with Gasteiger partial charge < -0.3 is 24.4 Å². The van der Waals surface area contributed by atoms with Gasteiger partial charge in [0.1, 0.15) is 0 Å². The lowest BCUT2D eigenvalue weighted by Crippen LogP contribution is -2.54. The highest BCUT2D eigenvalue weighted by atomic mass is 127. The summed E-state index contributed by atoms with van der Waals surface area (Å²) in [5.74, 6) is 0.899. The highest BCUT2D eigenvalue weighted by molar-refractivity contribution is 14.0. The molecule has 1 aliphatic heterocycles. The van der Waals surface area contributed by atoms with Crippen molar-refractivity contribution in [2.45, 2.75) is 20.4 Å². The predicted octanol–water partition coefficient (Wildman–Crippen LogP) is 1.24. The van der Waals surface area contributed by atoms with Crippen LogP contribution in [0.25, 0.3) is 0 Å². The fraction of sp³-hybridized carbons (Fsp3) is 0.667. The Morgan fingerprint density at radius 3 is 2.54 bits per heavy atom. The zero-order valence-corrected chi connectivity index (χ0v) is 16.7. The van der Waals surface area contributed by atoms with Gasteiger partial charge >= 0.3 is 6.09 Å². The number of nitrogens with one attached hydrogen (secondary N) is 1. The lowest BCUT2D eigenvalue weighted by Gasteiger charge is -2.35. The van der Waals surface area contributed by atoms with Crippen molar-refractivity contribution in [3.05, 3.63) is 18.7 Å². The van der Waals surface area contributed by atoms with E-state index in [-0.39, 0.29) is 30.1 Å². The molecule has 1 saturated heterocycles. The molecule has 0 unspecified atom stereocenters. The average molecular weight is 450 g/mol. The second kappa shape index (κ2) is 11.1. The zero-order valence-electron chi connectivity index (χ0n) is 14.3. The molecule has 0 aromatic carbocycles. The molecule has 1 amide bonds. The van der Waals surface area contributed by atoms with Gasteiger partial charge in [-0.2, -0.15) is 0 Å².